The zero-order valence-electron chi connectivity index (χ0n) is 15.8. The molecule has 0 aromatic heterocycles. The molecule has 1 saturated heterocycles. The van der Waals surface area contributed by atoms with E-state index in [1.165, 1.54) is 7.11 Å². The van der Waals surface area contributed by atoms with Gasteiger partial charge in [-0.15, -0.1) is 0 Å². The van der Waals surface area contributed by atoms with Crippen LogP contribution < -0.4 is 15.4 Å². The van der Waals surface area contributed by atoms with Gasteiger partial charge in [0.15, 0.2) is 0 Å². The van der Waals surface area contributed by atoms with Gasteiger partial charge in [0.2, 0.25) is 11.8 Å². The summed E-state index contributed by atoms with van der Waals surface area (Å²) in [5, 5.41) is 15.2. The Labute approximate surface area is 159 Å². The van der Waals surface area contributed by atoms with E-state index in [-0.39, 0.29) is 43.6 Å². The maximum atomic E-state index is 12.2. The number of amides is 2. The van der Waals surface area contributed by atoms with E-state index in [0.717, 1.165) is 11.3 Å². The lowest BCUT2D eigenvalue weighted by Crippen LogP contribution is -2.52. The molecule has 1 aromatic carbocycles. The molecule has 0 bridgehead atoms. The highest BCUT2D eigenvalue weighted by molar-refractivity contribution is 5.77. The van der Waals surface area contributed by atoms with Gasteiger partial charge >= 0.3 is 0 Å². The van der Waals surface area contributed by atoms with Gasteiger partial charge in [0, 0.05) is 19.2 Å². The Hall–Kier alpha value is -2.16. The van der Waals surface area contributed by atoms with Crippen LogP contribution in [-0.4, -0.2) is 62.6 Å². The summed E-state index contributed by atoms with van der Waals surface area (Å²) in [5.41, 5.74) is 0.895. The number of methoxy groups -OCH3 is 2. The molecule has 27 heavy (non-hydrogen) atoms. The SMILES string of the molecule is COCC(=O)N[C@H]1CC[C@H](CC(=O)NCc2ccccc2OC)O[C@H]1CO. The molecule has 0 unspecified atom stereocenters. The summed E-state index contributed by atoms with van der Waals surface area (Å²) < 4.78 is 15.9. The van der Waals surface area contributed by atoms with Crippen LogP contribution in [0.4, 0.5) is 0 Å². The van der Waals surface area contributed by atoms with Crippen molar-refractivity contribution in [3.05, 3.63) is 29.8 Å². The molecule has 3 atom stereocenters. The summed E-state index contributed by atoms with van der Waals surface area (Å²) in [6.45, 7) is 0.107. The van der Waals surface area contributed by atoms with Gasteiger partial charge in [0.25, 0.3) is 0 Å². The van der Waals surface area contributed by atoms with Gasteiger partial charge in [-0.1, -0.05) is 18.2 Å². The van der Waals surface area contributed by atoms with E-state index in [1.54, 1.807) is 7.11 Å². The first-order valence-electron chi connectivity index (χ1n) is 9.00. The van der Waals surface area contributed by atoms with Crippen LogP contribution in [0.5, 0.6) is 5.75 Å². The molecule has 2 rings (SSSR count). The summed E-state index contributed by atoms with van der Waals surface area (Å²) in [4.78, 5) is 23.9. The van der Waals surface area contributed by atoms with Gasteiger partial charge in [-0.25, -0.2) is 0 Å². The number of aliphatic hydroxyl groups excluding tert-OH is 1. The van der Waals surface area contributed by atoms with E-state index < -0.39 is 6.10 Å². The largest absolute Gasteiger partial charge is 0.496 e. The fourth-order valence-electron chi connectivity index (χ4n) is 3.15. The minimum atomic E-state index is -0.536. The van der Waals surface area contributed by atoms with Gasteiger partial charge in [0.05, 0.1) is 32.3 Å². The Kier molecular flexibility index (Phi) is 8.50. The molecule has 0 radical (unpaired) electrons. The van der Waals surface area contributed by atoms with Gasteiger partial charge in [0.1, 0.15) is 18.5 Å². The Morgan fingerprint density at radius 2 is 2.00 bits per heavy atom. The van der Waals surface area contributed by atoms with E-state index in [1.807, 2.05) is 24.3 Å². The van der Waals surface area contributed by atoms with Crippen LogP contribution >= 0.6 is 0 Å². The third kappa shape index (κ3) is 6.50. The van der Waals surface area contributed by atoms with Crippen molar-refractivity contribution >= 4 is 11.8 Å². The topological polar surface area (TPSA) is 106 Å². The first-order valence-corrected chi connectivity index (χ1v) is 9.00. The van der Waals surface area contributed by atoms with E-state index >= 15 is 0 Å². The normalized spacial score (nSPS) is 22.1. The van der Waals surface area contributed by atoms with Crippen LogP contribution in [0.3, 0.4) is 0 Å². The smallest absolute Gasteiger partial charge is 0.246 e. The minimum Gasteiger partial charge on any atom is -0.496 e. The first kappa shape index (κ1) is 21.1. The van der Waals surface area contributed by atoms with Crippen molar-refractivity contribution in [2.75, 3.05) is 27.4 Å². The predicted molar refractivity (Wildman–Crippen MR) is 98.2 cm³/mol. The molecule has 8 nitrogen and oxygen atoms in total. The van der Waals surface area contributed by atoms with Crippen molar-refractivity contribution < 1.29 is 28.9 Å². The highest BCUT2D eigenvalue weighted by Crippen LogP contribution is 2.22. The zero-order chi connectivity index (χ0) is 19.6. The van der Waals surface area contributed by atoms with E-state index in [0.29, 0.717) is 19.4 Å². The average Bonchev–Trinajstić information content (AvgIpc) is 2.68. The van der Waals surface area contributed by atoms with Crippen LogP contribution in [0.25, 0.3) is 0 Å². The summed E-state index contributed by atoms with van der Waals surface area (Å²) in [5.74, 6) is 0.337. The number of hydrogen-bond acceptors (Lipinski definition) is 6. The molecule has 2 amide bonds. The summed E-state index contributed by atoms with van der Waals surface area (Å²) in [7, 11) is 3.04. The summed E-state index contributed by atoms with van der Waals surface area (Å²) >= 11 is 0. The molecule has 0 saturated carbocycles. The molecule has 1 aliphatic heterocycles. The second-order valence-electron chi connectivity index (χ2n) is 6.46. The van der Waals surface area contributed by atoms with E-state index in [4.69, 9.17) is 14.2 Å². The molecular weight excluding hydrogens is 352 g/mol. The number of nitrogens with one attached hydrogen (secondary N) is 2. The maximum absolute atomic E-state index is 12.2. The van der Waals surface area contributed by atoms with Crippen molar-refractivity contribution in [3.8, 4) is 5.75 Å². The lowest BCUT2D eigenvalue weighted by atomic mass is 9.97. The molecule has 1 aliphatic rings. The lowest BCUT2D eigenvalue weighted by Gasteiger charge is -2.35. The van der Waals surface area contributed by atoms with Crippen LogP contribution in [0, 0.1) is 0 Å². The number of rotatable bonds is 9. The summed E-state index contributed by atoms with van der Waals surface area (Å²) in [6, 6.07) is 7.21. The van der Waals surface area contributed by atoms with Gasteiger partial charge in [-0.05, 0) is 18.9 Å². The fraction of sp³-hybridized carbons (Fsp3) is 0.579. The number of benzene rings is 1. The molecule has 3 N–H and O–H groups in total. The average molecular weight is 380 g/mol. The van der Waals surface area contributed by atoms with Gasteiger partial charge < -0.3 is 30.0 Å². The van der Waals surface area contributed by atoms with Crippen molar-refractivity contribution in [1.82, 2.24) is 10.6 Å². The molecule has 8 heteroatoms. The van der Waals surface area contributed by atoms with Gasteiger partial charge in [-0.2, -0.15) is 0 Å². The van der Waals surface area contributed by atoms with Crippen LogP contribution in [0.1, 0.15) is 24.8 Å². The van der Waals surface area contributed by atoms with Crippen molar-refractivity contribution in [2.24, 2.45) is 0 Å². The number of para-hydroxylation sites is 1. The highest BCUT2D eigenvalue weighted by atomic mass is 16.5. The molecule has 1 fully saturated rings. The number of aliphatic hydroxyl groups is 1. The van der Waals surface area contributed by atoms with Crippen LogP contribution in [0.15, 0.2) is 24.3 Å². The third-order valence-electron chi connectivity index (χ3n) is 4.50. The number of ether oxygens (including phenoxy) is 3. The van der Waals surface area contributed by atoms with Crippen molar-refractivity contribution in [2.45, 2.75) is 44.1 Å². The highest BCUT2D eigenvalue weighted by Gasteiger charge is 2.32. The van der Waals surface area contributed by atoms with Gasteiger partial charge in [-0.3, -0.25) is 9.59 Å². The number of carbonyl (C=O) groups is 2. The molecule has 0 spiro atoms. The second-order valence-corrected chi connectivity index (χ2v) is 6.46. The molecule has 1 aromatic rings. The van der Waals surface area contributed by atoms with Crippen LogP contribution in [0.2, 0.25) is 0 Å². The van der Waals surface area contributed by atoms with Crippen LogP contribution in [-0.2, 0) is 25.6 Å². The summed E-state index contributed by atoms with van der Waals surface area (Å²) in [6.07, 6.45) is 0.619. The lowest BCUT2D eigenvalue weighted by molar-refractivity contribution is -0.137. The second kappa shape index (κ2) is 10.9. The molecule has 150 valence electrons. The minimum absolute atomic E-state index is 0.0383. The first-order chi connectivity index (χ1) is 13.1. The molecule has 0 aliphatic carbocycles. The van der Waals surface area contributed by atoms with E-state index in [9.17, 15) is 14.7 Å². The predicted octanol–water partition coefficient (Wildman–Crippen LogP) is 0.373. The zero-order valence-corrected chi connectivity index (χ0v) is 15.8. The molecule has 1 heterocycles. The van der Waals surface area contributed by atoms with Crippen molar-refractivity contribution in [3.63, 3.8) is 0 Å². The fourth-order valence-corrected chi connectivity index (χ4v) is 3.15. The van der Waals surface area contributed by atoms with E-state index in [2.05, 4.69) is 10.6 Å². The maximum Gasteiger partial charge on any atom is 0.246 e. The Morgan fingerprint density at radius 3 is 2.70 bits per heavy atom. The number of carbonyl (C=O) groups excluding carboxylic acids is 2. The Morgan fingerprint density at radius 1 is 1.22 bits per heavy atom. The Balaban J connectivity index is 1.80. The standard InChI is InChI=1S/C19H28N2O6/c1-25-12-19(24)21-15-8-7-14(27-17(15)11-22)9-18(23)20-10-13-5-3-4-6-16(13)26-2/h3-6,14-15,17,22H,7-12H2,1-2H3,(H,20,23)(H,21,24)/t14-,15+,17+/m1/s1. The number of hydrogen-bond donors (Lipinski definition) is 3. The quantitative estimate of drug-likeness (QED) is 0.572. The Bertz CT molecular complexity index is 624. The molecular formula is C19H28N2O6. The third-order valence-corrected chi connectivity index (χ3v) is 4.50. The van der Waals surface area contributed by atoms with Crippen molar-refractivity contribution in [1.29, 1.82) is 0 Å². The monoisotopic (exact) mass is 380 g/mol.